The first-order valence-electron chi connectivity index (χ1n) is 10.3. The Kier molecular flexibility index (Phi) is 6.23. The quantitative estimate of drug-likeness (QED) is 0.138. The second-order valence-corrected chi connectivity index (χ2v) is 10.8. The van der Waals surface area contributed by atoms with Gasteiger partial charge in [0.25, 0.3) is 11.8 Å². The molecule has 3 aromatic heterocycles. The number of hydrogen-bond acceptors (Lipinski definition) is 13. The highest BCUT2D eigenvalue weighted by molar-refractivity contribution is 8.00. The van der Waals surface area contributed by atoms with Crippen LogP contribution in [0.1, 0.15) is 5.69 Å². The number of thioether (sulfide) groups is 1. The molecule has 0 saturated carbocycles. The van der Waals surface area contributed by atoms with Crippen LogP contribution in [0, 0.1) is 0 Å². The van der Waals surface area contributed by atoms with E-state index in [2.05, 4.69) is 20.4 Å². The topological polar surface area (TPSA) is 193 Å². The summed E-state index contributed by atoms with van der Waals surface area (Å²) >= 11 is 3.81. The lowest BCUT2D eigenvalue weighted by Crippen LogP contribution is -2.71. The Morgan fingerprint density at radius 3 is 2.86 bits per heavy atom. The average molecular weight is 547 g/mol. The Balaban J connectivity index is 1.36. The Bertz CT molecular complexity index is 1460. The van der Waals surface area contributed by atoms with Gasteiger partial charge in [-0.05, 0) is 0 Å². The van der Waals surface area contributed by atoms with Gasteiger partial charge in [-0.15, -0.1) is 23.1 Å². The highest BCUT2D eigenvalue weighted by Crippen LogP contribution is 2.40. The molecule has 1 fully saturated rings. The molecule has 1 unspecified atom stereocenters. The molecule has 0 bridgehead atoms. The van der Waals surface area contributed by atoms with Crippen molar-refractivity contribution in [1.82, 2.24) is 20.2 Å². The van der Waals surface area contributed by atoms with Crippen LogP contribution in [0.3, 0.4) is 0 Å². The van der Waals surface area contributed by atoms with Gasteiger partial charge < -0.3 is 31.5 Å². The molecule has 2 atom stereocenters. The summed E-state index contributed by atoms with van der Waals surface area (Å²) in [5.41, 5.74) is 12.4. The lowest BCUT2D eigenvalue weighted by Gasteiger charge is -2.50. The number of nitrogens with two attached hydrogens (primary N) is 2. The Labute approximate surface area is 215 Å². The number of hydrogen-bond donors (Lipinski definition) is 3. The molecule has 1 saturated heterocycles. The van der Waals surface area contributed by atoms with Crippen molar-refractivity contribution in [3.63, 3.8) is 0 Å². The molecule has 2 aliphatic heterocycles. The van der Waals surface area contributed by atoms with E-state index in [-0.39, 0.29) is 28.8 Å². The predicted octanol–water partition coefficient (Wildman–Crippen LogP) is -1.34. The van der Waals surface area contributed by atoms with Crippen molar-refractivity contribution in [2.75, 3.05) is 24.3 Å². The molecule has 16 heteroatoms. The van der Waals surface area contributed by atoms with Crippen LogP contribution in [0.15, 0.2) is 40.3 Å². The maximum Gasteiger partial charge on any atom is 0.276 e. The fourth-order valence-corrected chi connectivity index (χ4v) is 6.53. The molecular weight excluding hydrogens is 528 g/mol. The van der Waals surface area contributed by atoms with Crippen LogP contribution in [0.5, 0.6) is 0 Å². The number of carboxylic acids is 1. The van der Waals surface area contributed by atoms with Crippen LogP contribution in [0.2, 0.25) is 0 Å². The number of oxime groups is 1. The first kappa shape index (κ1) is 24.0. The molecule has 186 valence electrons. The maximum absolute atomic E-state index is 13.0. The van der Waals surface area contributed by atoms with E-state index in [0.29, 0.717) is 22.0 Å². The molecule has 2 aliphatic rings. The van der Waals surface area contributed by atoms with E-state index in [9.17, 15) is 19.5 Å². The van der Waals surface area contributed by atoms with E-state index in [4.69, 9.17) is 16.3 Å². The number of rotatable bonds is 7. The van der Waals surface area contributed by atoms with E-state index in [0.717, 1.165) is 20.9 Å². The van der Waals surface area contributed by atoms with Crippen LogP contribution in [-0.4, -0.2) is 62.6 Å². The second-order valence-electron chi connectivity index (χ2n) is 7.71. The molecule has 0 radical (unpaired) electrons. The van der Waals surface area contributed by atoms with Crippen molar-refractivity contribution in [2.24, 2.45) is 5.16 Å². The van der Waals surface area contributed by atoms with Crippen LogP contribution in [-0.2, 0) is 25.8 Å². The number of nitrogen functional groups attached to an aromatic ring is 2. The zero-order valence-electron chi connectivity index (χ0n) is 18.5. The minimum Gasteiger partial charge on any atom is -0.543 e. The molecule has 5 heterocycles. The highest BCUT2D eigenvalue weighted by Gasteiger charge is 2.53. The molecule has 5 N–H and O–H groups in total. The number of pyridine rings is 1. The van der Waals surface area contributed by atoms with Crippen molar-refractivity contribution in [3.8, 4) is 0 Å². The number of nitrogens with zero attached hydrogens (tertiary/aromatic N) is 5. The molecule has 13 nitrogen and oxygen atoms in total. The number of aromatic nitrogens is 3. The molecule has 0 spiro atoms. The summed E-state index contributed by atoms with van der Waals surface area (Å²) < 4.78 is 2.68. The minimum atomic E-state index is -1.47. The second kappa shape index (κ2) is 9.36. The fraction of sp³-hybridized carbons (Fsp3) is 0.250. The van der Waals surface area contributed by atoms with Gasteiger partial charge in [0, 0.05) is 22.8 Å². The van der Waals surface area contributed by atoms with Crippen LogP contribution in [0.25, 0.3) is 10.2 Å². The highest BCUT2D eigenvalue weighted by atomic mass is 32.2. The summed E-state index contributed by atoms with van der Waals surface area (Å²) in [6, 6.07) is 0.884. The van der Waals surface area contributed by atoms with Gasteiger partial charge in [0.05, 0.1) is 16.4 Å². The SMILES string of the molecule is CON=C(C(=O)NC1C(=O)N2C(C(=O)[O-])=C(C[n+]3ccc4sc(N)nc4c3)CS[C@@H]12)c1csc(N)n1. The maximum atomic E-state index is 13.0. The van der Waals surface area contributed by atoms with Crippen molar-refractivity contribution in [2.45, 2.75) is 18.0 Å². The lowest BCUT2D eigenvalue weighted by atomic mass is 10.0. The number of carbonyl (C=O) groups is 3. The number of thiazole rings is 2. The van der Waals surface area contributed by atoms with Crippen molar-refractivity contribution < 1.29 is 28.9 Å². The smallest absolute Gasteiger partial charge is 0.276 e. The van der Waals surface area contributed by atoms with E-state index in [1.54, 1.807) is 17.0 Å². The molecule has 36 heavy (non-hydrogen) atoms. The van der Waals surface area contributed by atoms with Gasteiger partial charge in [0.2, 0.25) is 0 Å². The summed E-state index contributed by atoms with van der Waals surface area (Å²) in [5, 5.41) is 20.0. The normalized spacial score (nSPS) is 19.8. The van der Waals surface area contributed by atoms with Gasteiger partial charge in [0.15, 0.2) is 34.9 Å². The summed E-state index contributed by atoms with van der Waals surface area (Å²) in [6.45, 7) is 0.215. The number of carboxylic acid groups (broad SMARTS) is 1. The first-order valence-corrected chi connectivity index (χ1v) is 13.1. The van der Waals surface area contributed by atoms with Gasteiger partial charge in [-0.25, -0.2) is 9.97 Å². The average Bonchev–Trinajstić information content (AvgIpc) is 3.44. The minimum absolute atomic E-state index is 0.150. The standard InChI is InChI=1S/C20H18N8O5S3/c1-33-26-12(10-7-35-19(21)24-10)15(29)25-13-16(30)28-14(18(31)32)8(6-34-17(13)28)4-27-3-2-11-9(5-27)23-20(22)36-11/h2-3,5,7,13,17H,4,6H2,1H3,(H5-,21,22,23,24,25,29,31,32)/t13?,17-/m0/s1. The molecular formula is C20H18N8O5S3. The van der Waals surface area contributed by atoms with E-state index >= 15 is 0 Å². The zero-order chi connectivity index (χ0) is 25.6. The van der Waals surface area contributed by atoms with E-state index in [1.807, 2.05) is 6.07 Å². The van der Waals surface area contributed by atoms with Crippen molar-refractivity contribution >= 4 is 78.4 Å². The molecule has 0 aliphatic carbocycles. The number of nitrogens with one attached hydrogen (secondary N) is 1. The fourth-order valence-electron chi connectivity index (χ4n) is 3.95. The number of amides is 2. The molecule has 2 amide bonds. The van der Waals surface area contributed by atoms with Crippen LogP contribution in [0.4, 0.5) is 10.3 Å². The Morgan fingerprint density at radius 2 is 2.17 bits per heavy atom. The summed E-state index contributed by atoms with van der Waals surface area (Å²) in [6.07, 6.45) is 3.56. The van der Waals surface area contributed by atoms with Gasteiger partial charge in [0.1, 0.15) is 29.7 Å². The van der Waals surface area contributed by atoms with Gasteiger partial charge >= 0.3 is 0 Å². The third kappa shape index (κ3) is 4.22. The predicted molar refractivity (Wildman–Crippen MR) is 131 cm³/mol. The number of carbonyl (C=O) groups excluding carboxylic acids is 3. The van der Waals surface area contributed by atoms with Crippen molar-refractivity contribution in [3.05, 3.63) is 40.8 Å². The van der Waals surface area contributed by atoms with Gasteiger partial charge in [-0.2, -0.15) is 4.57 Å². The zero-order valence-corrected chi connectivity index (χ0v) is 21.0. The van der Waals surface area contributed by atoms with Gasteiger partial charge in [-0.3, -0.25) is 14.5 Å². The van der Waals surface area contributed by atoms with E-state index in [1.165, 1.54) is 35.6 Å². The molecule has 3 aromatic rings. The third-order valence-corrected chi connectivity index (χ3v) is 8.35. The third-order valence-electron chi connectivity index (χ3n) is 5.47. The van der Waals surface area contributed by atoms with E-state index < -0.39 is 29.2 Å². The van der Waals surface area contributed by atoms with Crippen LogP contribution >= 0.6 is 34.4 Å². The van der Waals surface area contributed by atoms with Crippen molar-refractivity contribution in [1.29, 1.82) is 0 Å². The number of aliphatic carboxylic acids is 1. The molecule has 5 rings (SSSR count). The summed E-state index contributed by atoms with van der Waals surface area (Å²) in [7, 11) is 1.27. The first-order chi connectivity index (χ1) is 17.3. The number of fused-ring (bicyclic) bond motifs is 2. The van der Waals surface area contributed by atoms with Crippen LogP contribution < -0.4 is 26.5 Å². The molecule has 0 aromatic carbocycles. The largest absolute Gasteiger partial charge is 0.543 e. The Morgan fingerprint density at radius 1 is 1.36 bits per heavy atom. The lowest BCUT2D eigenvalue weighted by molar-refractivity contribution is -0.687. The summed E-state index contributed by atoms with van der Waals surface area (Å²) in [4.78, 5) is 52.1. The Hall–Kier alpha value is -3.76. The summed E-state index contributed by atoms with van der Waals surface area (Å²) in [5.74, 6) is -2.42. The number of β-lactam (4-membered cyclic amide) rings is 1. The van der Waals surface area contributed by atoms with Gasteiger partial charge in [-0.1, -0.05) is 16.5 Å². The monoisotopic (exact) mass is 546 g/mol. The number of anilines is 2.